The Labute approximate surface area is 169 Å². The maximum absolute atomic E-state index is 12.6. The molecule has 1 N–H and O–H groups in total. The molecule has 1 aromatic carbocycles. The van der Waals surface area contributed by atoms with Crippen LogP contribution in [-0.4, -0.2) is 26.9 Å². The molecule has 0 fully saturated rings. The number of benzene rings is 1. The van der Waals surface area contributed by atoms with E-state index in [-0.39, 0.29) is 12.4 Å². The number of fused-ring (bicyclic) bond motifs is 1. The number of pyridine rings is 2. The van der Waals surface area contributed by atoms with Gasteiger partial charge in [0.1, 0.15) is 22.9 Å². The van der Waals surface area contributed by atoms with Gasteiger partial charge in [-0.15, -0.1) is 0 Å². The topological polar surface area (TPSA) is 68.5 Å². The molecular formula is C21H15F3N4O2. The van der Waals surface area contributed by atoms with Crippen LogP contribution in [0.5, 0.6) is 5.75 Å². The van der Waals surface area contributed by atoms with E-state index in [1.54, 1.807) is 41.1 Å². The predicted molar refractivity (Wildman–Crippen MR) is 104 cm³/mol. The fourth-order valence-corrected chi connectivity index (χ4v) is 2.85. The highest BCUT2D eigenvalue weighted by atomic mass is 19.4. The number of anilines is 1. The minimum atomic E-state index is -4.43. The number of nitrogens with one attached hydrogen (secondary N) is 1. The van der Waals surface area contributed by atoms with Crippen molar-refractivity contribution in [2.24, 2.45) is 0 Å². The zero-order valence-corrected chi connectivity index (χ0v) is 15.4. The fraction of sp³-hybridized carbons (Fsp3) is 0.0952. The number of nitrogens with zero attached hydrogens (tertiary/aromatic N) is 3. The molecule has 6 nitrogen and oxygen atoms in total. The summed E-state index contributed by atoms with van der Waals surface area (Å²) in [6.45, 7) is -0.382. The number of amides is 1. The Bertz CT molecular complexity index is 1170. The largest absolute Gasteiger partial charge is 0.484 e. The number of carbonyl (C=O) groups excluding carboxylic acids is 1. The van der Waals surface area contributed by atoms with Crippen molar-refractivity contribution >= 4 is 17.4 Å². The van der Waals surface area contributed by atoms with Crippen LogP contribution < -0.4 is 10.1 Å². The van der Waals surface area contributed by atoms with E-state index in [1.165, 1.54) is 12.1 Å². The first-order valence-electron chi connectivity index (χ1n) is 8.90. The van der Waals surface area contributed by atoms with Gasteiger partial charge in [-0.1, -0.05) is 12.1 Å². The first kappa shape index (κ1) is 19.4. The Balaban J connectivity index is 1.52. The maximum atomic E-state index is 12.6. The van der Waals surface area contributed by atoms with E-state index in [0.717, 1.165) is 12.1 Å². The molecule has 4 aromatic rings. The molecule has 9 heteroatoms. The Morgan fingerprint density at radius 1 is 1.03 bits per heavy atom. The minimum absolute atomic E-state index is 0.154. The average Bonchev–Trinajstić information content (AvgIpc) is 3.11. The predicted octanol–water partition coefficient (Wildman–Crippen LogP) is 4.43. The lowest BCUT2D eigenvalue weighted by Crippen LogP contribution is -2.21. The molecule has 4 rings (SSSR count). The number of hydrogen-bond donors (Lipinski definition) is 1. The van der Waals surface area contributed by atoms with Crippen molar-refractivity contribution in [3.8, 4) is 17.1 Å². The summed E-state index contributed by atoms with van der Waals surface area (Å²) in [6, 6.07) is 14.9. The first-order chi connectivity index (χ1) is 14.4. The highest BCUT2D eigenvalue weighted by Gasteiger charge is 2.30. The van der Waals surface area contributed by atoms with Gasteiger partial charge >= 0.3 is 6.18 Å². The highest BCUT2D eigenvalue weighted by molar-refractivity contribution is 5.95. The number of aromatic nitrogens is 3. The van der Waals surface area contributed by atoms with Crippen LogP contribution in [0.15, 0.2) is 73.1 Å². The SMILES string of the molecule is O=C(COc1ccc(C(F)(F)F)cc1)Nc1c(-c2ccccn2)nc2ccccn12. The third kappa shape index (κ3) is 4.09. The van der Waals surface area contributed by atoms with Gasteiger partial charge in [0.05, 0.1) is 11.3 Å². The van der Waals surface area contributed by atoms with Crippen LogP contribution in [0.25, 0.3) is 17.0 Å². The third-order valence-electron chi connectivity index (χ3n) is 4.25. The smallest absolute Gasteiger partial charge is 0.416 e. The van der Waals surface area contributed by atoms with Gasteiger partial charge in [-0.2, -0.15) is 13.2 Å². The zero-order valence-electron chi connectivity index (χ0n) is 15.4. The van der Waals surface area contributed by atoms with Gasteiger partial charge in [-0.25, -0.2) is 4.98 Å². The maximum Gasteiger partial charge on any atom is 0.416 e. The van der Waals surface area contributed by atoms with E-state index in [1.807, 2.05) is 12.1 Å². The Kier molecular flexibility index (Phi) is 5.09. The van der Waals surface area contributed by atoms with Crippen molar-refractivity contribution in [2.45, 2.75) is 6.18 Å². The summed E-state index contributed by atoms with van der Waals surface area (Å²) in [5, 5.41) is 2.75. The molecule has 0 spiro atoms. The van der Waals surface area contributed by atoms with Crippen LogP contribution in [0.1, 0.15) is 5.56 Å². The standard InChI is InChI=1S/C21H15F3N4O2/c22-21(23,24)14-7-9-15(10-8-14)30-13-18(29)27-20-19(16-5-1-3-11-25-16)26-17-6-2-4-12-28(17)20/h1-12H,13H2,(H,27,29). The van der Waals surface area contributed by atoms with E-state index < -0.39 is 17.6 Å². The van der Waals surface area contributed by atoms with E-state index in [2.05, 4.69) is 15.3 Å². The summed E-state index contributed by atoms with van der Waals surface area (Å²) in [6.07, 6.45) is -1.05. The lowest BCUT2D eigenvalue weighted by molar-refractivity contribution is -0.137. The van der Waals surface area contributed by atoms with E-state index in [0.29, 0.717) is 22.9 Å². The summed E-state index contributed by atoms with van der Waals surface area (Å²) < 4.78 is 44.9. The second-order valence-electron chi connectivity index (χ2n) is 6.31. The number of alkyl halides is 3. The molecular weight excluding hydrogens is 397 g/mol. The molecule has 0 saturated heterocycles. The van der Waals surface area contributed by atoms with Gasteiger partial charge in [-0.05, 0) is 48.5 Å². The lowest BCUT2D eigenvalue weighted by atomic mass is 10.2. The number of imidazole rings is 1. The van der Waals surface area contributed by atoms with E-state index >= 15 is 0 Å². The normalized spacial score (nSPS) is 11.4. The van der Waals surface area contributed by atoms with Crippen molar-refractivity contribution in [1.82, 2.24) is 14.4 Å². The van der Waals surface area contributed by atoms with E-state index in [9.17, 15) is 18.0 Å². The molecule has 0 aliphatic heterocycles. The van der Waals surface area contributed by atoms with Crippen molar-refractivity contribution < 1.29 is 22.7 Å². The number of rotatable bonds is 5. The Morgan fingerprint density at radius 2 is 1.80 bits per heavy atom. The fourth-order valence-electron chi connectivity index (χ4n) is 2.85. The number of hydrogen-bond acceptors (Lipinski definition) is 4. The molecule has 3 aromatic heterocycles. The van der Waals surface area contributed by atoms with Crippen LogP contribution in [0.3, 0.4) is 0 Å². The van der Waals surface area contributed by atoms with Gasteiger partial charge in [0.25, 0.3) is 5.91 Å². The zero-order chi connectivity index (χ0) is 21.1. The van der Waals surface area contributed by atoms with Gasteiger partial charge in [0.15, 0.2) is 6.61 Å². The summed E-state index contributed by atoms with van der Waals surface area (Å²) in [5.74, 6) is 0.0873. The molecule has 3 heterocycles. The molecule has 0 atom stereocenters. The lowest BCUT2D eigenvalue weighted by Gasteiger charge is -2.10. The van der Waals surface area contributed by atoms with Crippen LogP contribution in [0.2, 0.25) is 0 Å². The summed E-state index contributed by atoms with van der Waals surface area (Å²) in [4.78, 5) is 21.3. The van der Waals surface area contributed by atoms with Crippen molar-refractivity contribution in [2.75, 3.05) is 11.9 Å². The first-order valence-corrected chi connectivity index (χ1v) is 8.90. The second-order valence-corrected chi connectivity index (χ2v) is 6.31. The van der Waals surface area contributed by atoms with Crippen molar-refractivity contribution in [1.29, 1.82) is 0 Å². The Morgan fingerprint density at radius 3 is 2.50 bits per heavy atom. The van der Waals surface area contributed by atoms with Crippen LogP contribution >= 0.6 is 0 Å². The molecule has 30 heavy (non-hydrogen) atoms. The molecule has 0 radical (unpaired) electrons. The molecule has 152 valence electrons. The van der Waals surface area contributed by atoms with Crippen molar-refractivity contribution in [3.05, 3.63) is 78.6 Å². The number of halogens is 3. The molecule has 0 bridgehead atoms. The monoisotopic (exact) mass is 412 g/mol. The second kappa shape index (κ2) is 7.86. The van der Waals surface area contributed by atoms with Gasteiger partial charge in [0, 0.05) is 12.4 Å². The molecule has 0 aliphatic rings. The summed E-state index contributed by atoms with van der Waals surface area (Å²) in [5.41, 5.74) is 0.909. The molecule has 1 amide bonds. The molecule has 0 aliphatic carbocycles. The average molecular weight is 412 g/mol. The minimum Gasteiger partial charge on any atom is -0.484 e. The third-order valence-corrected chi connectivity index (χ3v) is 4.25. The molecule has 0 unspecified atom stereocenters. The quantitative estimate of drug-likeness (QED) is 0.527. The van der Waals surface area contributed by atoms with Crippen molar-refractivity contribution in [3.63, 3.8) is 0 Å². The Hall–Kier alpha value is -3.88. The van der Waals surface area contributed by atoms with Crippen LogP contribution in [0, 0.1) is 0 Å². The van der Waals surface area contributed by atoms with Crippen LogP contribution in [-0.2, 0) is 11.0 Å². The highest BCUT2D eigenvalue weighted by Crippen LogP contribution is 2.30. The number of carbonyl (C=O) groups is 1. The number of ether oxygens (including phenoxy) is 1. The molecule has 0 saturated carbocycles. The summed E-state index contributed by atoms with van der Waals surface area (Å²) in [7, 11) is 0. The van der Waals surface area contributed by atoms with Gasteiger partial charge in [-0.3, -0.25) is 14.2 Å². The van der Waals surface area contributed by atoms with E-state index in [4.69, 9.17) is 4.74 Å². The van der Waals surface area contributed by atoms with Gasteiger partial charge in [0.2, 0.25) is 0 Å². The van der Waals surface area contributed by atoms with Gasteiger partial charge < -0.3 is 10.1 Å². The van der Waals surface area contributed by atoms with Crippen LogP contribution in [0.4, 0.5) is 19.0 Å². The summed E-state index contributed by atoms with van der Waals surface area (Å²) >= 11 is 0.